The third-order valence-corrected chi connectivity index (χ3v) is 6.68. The zero-order valence-corrected chi connectivity index (χ0v) is 21.1. The van der Waals surface area contributed by atoms with Crippen molar-refractivity contribution in [1.29, 1.82) is 0 Å². The maximum absolute atomic E-state index is 12.9. The number of aliphatic hydroxyl groups excluding tert-OH is 1. The molecule has 0 bridgehead atoms. The van der Waals surface area contributed by atoms with E-state index in [9.17, 15) is 23.5 Å². The Bertz CT molecular complexity index is 1220. The highest BCUT2D eigenvalue weighted by atomic mass is 19.1. The highest BCUT2D eigenvalue weighted by Crippen LogP contribution is 2.28. The molecule has 11 nitrogen and oxygen atoms in total. The van der Waals surface area contributed by atoms with Crippen molar-refractivity contribution in [3.05, 3.63) is 41.0 Å². The molecule has 0 spiro atoms. The minimum atomic E-state index is -1.32. The highest BCUT2D eigenvalue weighted by molar-refractivity contribution is 5.93. The number of hydrogen-bond acceptors (Lipinski definition) is 8. The SMILES string of the molecule is Cc1nonc1C(=O)N[C@H](c1nc2ccc([C@@H](O)NC(=O)CC(CCF)CCF)cc2[nH]1)[C@H]1CCCCO1. The number of aryl methyl sites for hydroxylation is 1. The summed E-state index contributed by atoms with van der Waals surface area (Å²) in [6.07, 6.45) is 1.05. The molecule has 1 aliphatic heterocycles. The minimum Gasteiger partial charge on any atom is -0.376 e. The van der Waals surface area contributed by atoms with Crippen molar-refractivity contribution in [2.45, 2.75) is 63.8 Å². The highest BCUT2D eigenvalue weighted by Gasteiger charge is 2.32. The first-order valence-corrected chi connectivity index (χ1v) is 12.7. The Balaban J connectivity index is 1.51. The van der Waals surface area contributed by atoms with Gasteiger partial charge in [0.15, 0.2) is 11.9 Å². The van der Waals surface area contributed by atoms with E-state index in [2.05, 4.69) is 35.5 Å². The third-order valence-electron chi connectivity index (χ3n) is 6.68. The molecule has 1 saturated heterocycles. The molecule has 1 fully saturated rings. The van der Waals surface area contributed by atoms with Crippen LogP contribution in [-0.4, -0.2) is 63.3 Å². The number of hydrogen-bond donors (Lipinski definition) is 4. The normalized spacial score (nSPS) is 17.4. The van der Waals surface area contributed by atoms with Gasteiger partial charge in [-0.25, -0.2) is 9.61 Å². The van der Waals surface area contributed by atoms with Gasteiger partial charge >= 0.3 is 0 Å². The third kappa shape index (κ3) is 6.70. The second-order valence-electron chi connectivity index (χ2n) is 9.45. The number of fused-ring (bicyclic) bond motifs is 1. The van der Waals surface area contributed by atoms with Crippen LogP contribution in [0.3, 0.4) is 0 Å². The van der Waals surface area contributed by atoms with Crippen molar-refractivity contribution in [3.8, 4) is 0 Å². The van der Waals surface area contributed by atoms with Gasteiger partial charge in [0.2, 0.25) is 5.91 Å². The first-order valence-electron chi connectivity index (χ1n) is 12.7. The Labute approximate surface area is 217 Å². The Morgan fingerprint density at radius 3 is 2.63 bits per heavy atom. The Morgan fingerprint density at radius 1 is 1.18 bits per heavy atom. The van der Waals surface area contributed by atoms with Crippen LogP contribution in [0.25, 0.3) is 11.0 Å². The molecule has 0 radical (unpaired) electrons. The molecule has 4 N–H and O–H groups in total. The van der Waals surface area contributed by atoms with Crippen molar-refractivity contribution in [2.24, 2.45) is 5.92 Å². The number of amides is 2. The predicted octanol–water partition coefficient (Wildman–Crippen LogP) is 3.13. The molecule has 38 heavy (non-hydrogen) atoms. The maximum Gasteiger partial charge on any atom is 0.276 e. The van der Waals surface area contributed by atoms with Crippen molar-refractivity contribution < 1.29 is 32.8 Å². The maximum atomic E-state index is 12.9. The molecule has 2 aromatic heterocycles. The Kier molecular flexibility index (Phi) is 9.34. The number of ether oxygens (including phenoxy) is 1. The van der Waals surface area contributed by atoms with Gasteiger partial charge in [0, 0.05) is 18.6 Å². The molecule has 3 heterocycles. The molecule has 1 aliphatic rings. The topological polar surface area (TPSA) is 155 Å². The predicted molar refractivity (Wildman–Crippen MR) is 131 cm³/mol. The summed E-state index contributed by atoms with van der Waals surface area (Å²) in [4.78, 5) is 33.1. The molecule has 1 aromatic carbocycles. The number of alkyl halides is 2. The van der Waals surface area contributed by atoms with Gasteiger partial charge in [0.1, 0.15) is 17.6 Å². The van der Waals surface area contributed by atoms with Crippen LogP contribution in [0.5, 0.6) is 0 Å². The molecule has 13 heteroatoms. The van der Waals surface area contributed by atoms with Gasteiger partial charge in [-0.1, -0.05) is 11.2 Å². The number of carbonyl (C=O) groups is 2. The molecular weight excluding hydrogens is 502 g/mol. The fourth-order valence-corrected chi connectivity index (χ4v) is 4.59. The minimum absolute atomic E-state index is 0.0725. The smallest absolute Gasteiger partial charge is 0.276 e. The van der Waals surface area contributed by atoms with E-state index in [0.717, 1.165) is 19.3 Å². The van der Waals surface area contributed by atoms with E-state index in [1.54, 1.807) is 25.1 Å². The van der Waals surface area contributed by atoms with Crippen LogP contribution in [0.15, 0.2) is 22.8 Å². The number of aromatic amines is 1. The summed E-state index contributed by atoms with van der Waals surface area (Å²) in [7, 11) is 0. The zero-order chi connectivity index (χ0) is 27.1. The first-order chi connectivity index (χ1) is 18.4. The Morgan fingerprint density at radius 2 is 1.97 bits per heavy atom. The van der Waals surface area contributed by atoms with Crippen molar-refractivity contribution >= 4 is 22.8 Å². The number of aliphatic hydroxyl groups is 1. The molecule has 4 rings (SSSR count). The fourth-order valence-electron chi connectivity index (χ4n) is 4.59. The summed E-state index contributed by atoms with van der Waals surface area (Å²) in [5.41, 5.74) is 1.99. The summed E-state index contributed by atoms with van der Waals surface area (Å²) in [6, 6.07) is 4.33. The number of rotatable bonds is 12. The molecule has 3 aromatic rings. The molecular formula is C25H32F2N6O5. The van der Waals surface area contributed by atoms with E-state index >= 15 is 0 Å². The van der Waals surface area contributed by atoms with Crippen molar-refractivity contribution in [1.82, 2.24) is 30.9 Å². The lowest BCUT2D eigenvalue weighted by molar-refractivity contribution is -0.125. The number of nitrogens with one attached hydrogen (secondary N) is 3. The van der Waals surface area contributed by atoms with Crippen molar-refractivity contribution in [2.75, 3.05) is 20.0 Å². The van der Waals surface area contributed by atoms with Gasteiger partial charge in [-0.15, -0.1) is 0 Å². The molecule has 0 unspecified atom stereocenters. The lowest BCUT2D eigenvalue weighted by atomic mass is 9.98. The zero-order valence-electron chi connectivity index (χ0n) is 21.1. The van der Waals surface area contributed by atoms with Gasteiger partial charge in [-0.05, 0) is 62.2 Å². The van der Waals surface area contributed by atoms with E-state index in [-0.39, 0.29) is 31.1 Å². The van der Waals surface area contributed by atoms with Gasteiger partial charge < -0.3 is 25.5 Å². The summed E-state index contributed by atoms with van der Waals surface area (Å²) >= 11 is 0. The van der Waals surface area contributed by atoms with Crippen molar-refractivity contribution in [3.63, 3.8) is 0 Å². The molecule has 206 valence electrons. The van der Waals surface area contributed by atoms with Crippen LogP contribution >= 0.6 is 0 Å². The number of nitrogens with zero attached hydrogens (tertiary/aromatic N) is 3. The summed E-state index contributed by atoms with van der Waals surface area (Å²) in [6.45, 7) is 0.908. The van der Waals surface area contributed by atoms with Gasteiger partial charge in [0.05, 0.1) is 30.5 Å². The largest absolute Gasteiger partial charge is 0.376 e. The number of halogens is 2. The van der Waals surface area contributed by atoms with Crippen LogP contribution in [0.4, 0.5) is 8.78 Å². The average molecular weight is 535 g/mol. The number of H-pyrrole nitrogens is 1. The fraction of sp³-hybridized carbons (Fsp3) is 0.560. The molecule has 0 aliphatic carbocycles. The summed E-state index contributed by atoms with van der Waals surface area (Å²) in [5, 5.41) is 23.3. The molecule has 2 amide bonds. The summed E-state index contributed by atoms with van der Waals surface area (Å²) < 4.78 is 35.9. The molecule has 3 atom stereocenters. The van der Waals surface area contributed by atoms with E-state index in [1.165, 1.54) is 0 Å². The standard InChI is InChI=1S/C25H32F2N6O5/c1-14-21(33-38-32-14)25(36)31-22(19-4-2-3-11-37-19)23-28-17-6-5-16(13-18(17)29-23)24(35)30-20(34)12-15(7-9-26)8-10-27/h5-6,13,15,19,22,24,35H,2-4,7-12H2,1H3,(H,28,29)(H,30,34)(H,31,36)/t19-,22+,24-/m1/s1. The number of aromatic nitrogens is 4. The Hall–Kier alpha value is -3.45. The lowest BCUT2D eigenvalue weighted by Crippen LogP contribution is -2.40. The average Bonchev–Trinajstić information content (AvgIpc) is 3.53. The van der Waals surface area contributed by atoms with Crippen LogP contribution in [-0.2, 0) is 9.53 Å². The second kappa shape index (κ2) is 12.9. The van der Waals surface area contributed by atoms with Crippen LogP contribution < -0.4 is 10.6 Å². The number of imidazole rings is 1. The second-order valence-corrected chi connectivity index (χ2v) is 9.45. The van der Waals surface area contributed by atoms with Crippen LogP contribution in [0.1, 0.15) is 78.4 Å². The summed E-state index contributed by atoms with van der Waals surface area (Å²) in [5.74, 6) is -0.933. The van der Waals surface area contributed by atoms with E-state index in [0.29, 0.717) is 34.7 Å². The van der Waals surface area contributed by atoms with E-state index < -0.39 is 43.4 Å². The molecule has 0 saturated carbocycles. The van der Waals surface area contributed by atoms with Gasteiger partial charge in [-0.2, -0.15) is 0 Å². The monoisotopic (exact) mass is 534 g/mol. The quantitative estimate of drug-likeness (QED) is 0.258. The number of benzene rings is 1. The van der Waals surface area contributed by atoms with Crippen LogP contribution in [0, 0.1) is 12.8 Å². The van der Waals surface area contributed by atoms with Crippen LogP contribution in [0.2, 0.25) is 0 Å². The lowest BCUT2D eigenvalue weighted by Gasteiger charge is -2.29. The first kappa shape index (κ1) is 27.6. The van der Waals surface area contributed by atoms with Gasteiger partial charge in [-0.3, -0.25) is 18.4 Å². The number of carbonyl (C=O) groups excluding carboxylic acids is 2. The van der Waals surface area contributed by atoms with E-state index in [4.69, 9.17) is 4.74 Å². The van der Waals surface area contributed by atoms with E-state index in [1.807, 2.05) is 0 Å². The van der Waals surface area contributed by atoms with Gasteiger partial charge in [0.25, 0.3) is 5.91 Å².